The summed E-state index contributed by atoms with van der Waals surface area (Å²) in [4.78, 5) is 11.8. The van der Waals surface area contributed by atoms with Crippen molar-refractivity contribution in [1.29, 1.82) is 0 Å². The first-order valence-electron chi connectivity index (χ1n) is 5.72. The zero-order valence-electron chi connectivity index (χ0n) is 10.3. The smallest absolute Gasteiger partial charge is 0.138 e. The van der Waals surface area contributed by atoms with Crippen LogP contribution in [0, 0.1) is 0 Å². The summed E-state index contributed by atoms with van der Waals surface area (Å²) in [5, 5.41) is 3.14. The molecule has 0 aliphatic heterocycles. The first-order chi connectivity index (χ1) is 8.17. The van der Waals surface area contributed by atoms with Crippen LogP contribution in [0.15, 0.2) is 22.7 Å². The highest BCUT2D eigenvalue weighted by Gasteiger charge is 2.09. The van der Waals surface area contributed by atoms with Crippen molar-refractivity contribution >= 4 is 21.7 Å². The molecule has 3 nitrogen and oxygen atoms in total. The standard InChI is InChI=1S/C13H18BrNO2/c1-3-15-7-6-12(16)9-10-8-11(14)4-5-13(10)17-2/h4-5,8,15H,3,6-7,9H2,1-2H3. The summed E-state index contributed by atoms with van der Waals surface area (Å²) in [6, 6.07) is 5.71. The predicted octanol–water partition coefficient (Wildman–Crippen LogP) is 2.57. The second-order valence-corrected chi connectivity index (χ2v) is 4.69. The maximum atomic E-state index is 11.8. The SMILES string of the molecule is CCNCCC(=O)Cc1cc(Br)ccc1OC. The van der Waals surface area contributed by atoms with Gasteiger partial charge in [0.05, 0.1) is 7.11 Å². The van der Waals surface area contributed by atoms with E-state index in [0.717, 1.165) is 28.9 Å². The van der Waals surface area contributed by atoms with Crippen LogP contribution in [0.5, 0.6) is 5.75 Å². The first kappa shape index (κ1) is 14.2. The van der Waals surface area contributed by atoms with Crippen molar-refractivity contribution in [3.05, 3.63) is 28.2 Å². The van der Waals surface area contributed by atoms with Crippen molar-refractivity contribution in [2.75, 3.05) is 20.2 Å². The minimum Gasteiger partial charge on any atom is -0.496 e. The quantitative estimate of drug-likeness (QED) is 0.787. The van der Waals surface area contributed by atoms with E-state index in [-0.39, 0.29) is 5.78 Å². The molecular weight excluding hydrogens is 282 g/mol. The monoisotopic (exact) mass is 299 g/mol. The summed E-state index contributed by atoms with van der Waals surface area (Å²) >= 11 is 3.40. The van der Waals surface area contributed by atoms with Gasteiger partial charge in [0.15, 0.2) is 0 Å². The molecule has 0 spiro atoms. The van der Waals surface area contributed by atoms with Crippen molar-refractivity contribution in [2.24, 2.45) is 0 Å². The van der Waals surface area contributed by atoms with Crippen molar-refractivity contribution in [1.82, 2.24) is 5.32 Å². The predicted molar refractivity (Wildman–Crippen MR) is 72.6 cm³/mol. The Morgan fingerprint density at radius 1 is 1.47 bits per heavy atom. The first-order valence-corrected chi connectivity index (χ1v) is 6.51. The fraction of sp³-hybridized carbons (Fsp3) is 0.462. The van der Waals surface area contributed by atoms with Crippen LogP contribution < -0.4 is 10.1 Å². The molecule has 0 amide bonds. The van der Waals surface area contributed by atoms with E-state index in [1.807, 2.05) is 25.1 Å². The number of hydrogen-bond acceptors (Lipinski definition) is 3. The Morgan fingerprint density at radius 3 is 2.88 bits per heavy atom. The van der Waals surface area contributed by atoms with Gasteiger partial charge in [-0.15, -0.1) is 0 Å². The summed E-state index contributed by atoms with van der Waals surface area (Å²) in [5.74, 6) is 0.993. The van der Waals surface area contributed by atoms with E-state index in [4.69, 9.17) is 4.74 Å². The number of Topliss-reactive ketones (excluding diaryl/α,β-unsaturated/α-hetero) is 1. The number of ketones is 1. The molecule has 0 aromatic heterocycles. The lowest BCUT2D eigenvalue weighted by atomic mass is 10.1. The molecule has 0 fully saturated rings. The minimum atomic E-state index is 0.224. The van der Waals surface area contributed by atoms with Crippen LogP contribution in [0.4, 0.5) is 0 Å². The highest BCUT2D eigenvalue weighted by Crippen LogP contribution is 2.23. The molecule has 0 radical (unpaired) electrons. The highest BCUT2D eigenvalue weighted by atomic mass is 79.9. The summed E-state index contributed by atoms with van der Waals surface area (Å²) in [6.07, 6.45) is 0.984. The van der Waals surface area contributed by atoms with Gasteiger partial charge in [-0.1, -0.05) is 22.9 Å². The normalized spacial score (nSPS) is 10.3. The van der Waals surface area contributed by atoms with Crippen LogP contribution in [0.3, 0.4) is 0 Å². The van der Waals surface area contributed by atoms with Gasteiger partial charge in [-0.05, 0) is 24.7 Å². The molecule has 1 rings (SSSR count). The molecule has 1 N–H and O–H groups in total. The van der Waals surface area contributed by atoms with Crippen LogP contribution in [0.2, 0.25) is 0 Å². The fourth-order valence-corrected chi connectivity index (χ4v) is 2.00. The molecular formula is C13H18BrNO2. The third-order valence-electron chi connectivity index (χ3n) is 2.46. The molecule has 0 heterocycles. The number of benzene rings is 1. The number of carbonyl (C=O) groups excluding carboxylic acids is 1. The van der Waals surface area contributed by atoms with Gasteiger partial charge in [-0.3, -0.25) is 4.79 Å². The van der Waals surface area contributed by atoms with Crippen LogP contribution >= 0.6 is 15.9 Å². The second kappa shape index (κ2) is 7.45. The van der Waals surface area contributed by atoms with Crippen molar-refractivity contribution in [3.8, 4) is 5.75 Å². The molecule has 0 saturated heterocycles. The van der Waals surface area contributed by atoms with Gasteiger partial charge in [-0.2, -0.15) is 0 Å². The third-order valence-corrected chi connectivity index (χ3v) is 2.95. The molecule has 0 saturated carbocycles. The zero-order valence-corrected chi connectivity index (χ0v) is 11.8. The van der Waals surface area contributed by atoms with E-state index in [1.54, 1.807) is 7.11 Å². The molecule has 1 aromatic rings. The van der Waals surface area contributed by atoms with Crippen LogP contribution in [0.1, 0.15) is 18.9 Å². The zero-order chi connectivity index (χ0) is 12.7. The Balaban J connectivity index is 2.60. The lowest BCUT2D eigenvalue weighted by Gasteiger charge is -2.08. The van der Waals surface area contributed by atoms with Gasteiger partial charge < -0.3 is 10.1 Å². The molecule has 0 atom stereocenters. The number of ether oxygens (including phenoxy) is 1. The Morgan fingerprint density at radius 2 is 2.24 bits per heavy atom. The van der Waals surface area contributed by atoms with Crippen LogP contribution in [-0.2, 0) is 11.2 Å². The lowest BCUT2D eigenvalue weighted by Crippen LogP contribution is -2.18. The molecule has 0 aliphatic rings. The Kier molecular flexibility index (Phi) is 6.22. The molecule has 4 heteroatoms. The lowest BCUT2D eigenvalue weighted by molar-refractivity contribution is -0.118. The molecule has 0 aliphatic carbocycles. The number of methoxy groups -OCH3 is 1. The van der Waals surface area contributed by atoms with Crippen molar-refractivity contribution < 1.29 is 9.53 Å². The maximum absolute atomic E-state index is 11.8. The van der Waals surface area contributed by atoms with Gasteiger partial charge >= 0.3 is 0 Å². The van der Waals surface area contributed by atoms with Gasteiger partial charge in [0.25, 0.3) is 0 Å². The number of halogens is 1. The minimum absolute atomic E-state index is 0.224. The number of nitrogens with one attached hydrogen (secondary N) is 1. The van der Waals surface area contributed by atoms with E-state index in [1.165, 1.54) is 0 Å². The average molecular weight is 300 g/mol. The Hall–Kier alpha value is -0.870. The van der Waals surface area contributed by atoms with Crippen LogP contribution in [0.25, 0.3) is 0 Å². The van der Waals surface area contributed by atoms with E-state index in [2.05, 4.69) is 21.2 Å². The van der Waals surface area contributed by atoms with E-state index in [0.29, 0.717) is 12.8 Å². The average Bonchev–Trinajstić information content (AvgIpc) is 2.29. The molecule has 1 aromatic carbocycles. The third kappa shape index (κ3) is 4.88. The summed E-state index contributed by atoms with van der Waals surface area (Å²) < 4.78 is 6.20. The van der Waals surface area contributed by atoms with Crippen molar-refractivity contribution in [3.63, 3.8) is 0 Å². The van der Waals surface area contributed by atoms with E-state index in [9.17, 15) is 4.79 Å². The van der Waals surface area contributed by atoms with Crippen molar-refractivity contribution in [2.45, 2.75) is 19.8 Å². The molecule has 17 heavy (non-hydrogen) atoms. The van der Waals surface area contributed by atoms with Gasteiger partial charge in [0.1, 0.15) is 11.5 Å². The number of rotatable bonds is 7. The van der Waals surface area contributed by atoms with Gasteiger partial charge in [0.2, 0.25) is 0 Å². The summed E-state index contributed by atoms with van der Waals surface area (Å²) in [5.41, 5.74) is 0.934. The Bertz CT molecular complexity index is 380. The second-order valence-electron chi connectivity index (χ2n) is 3.78. The molecule has 0 unspecified atom stereocenters. The maximum Gasteiger partial charge on any atom is 0.138 e. The van der Waals surface area contributed by atoms with E-state index < -0.39 is 0 Å². The molecule has 0 bridgehead atoms. The Labute approximate surface area is 111 Å². The highest BCUT2D eigenvalue weighted by molar-refractivity contribution is 9.10. The largest absolute Gasteiger partial charge is 0.496 e. The van der Waals surface area contributed by atoms with Gasteiger partial charge in [0, 0.05) is 29.4 Å². The summed E-state index contributed by atoms with van der Waals surface area (Å²) in [6.45, 7) is 3.67. The number of carbonyl (C=O) groups is 1. The van der Waals surface area contributed by atoms with E-state index >= 15 is 0 Å². The molecule has 94 valence electrons. The number of hydrogen-bond donors (Lipinski definition) is 1. The summed E-state index contributed by atoms with van der Waals surface area (Å²) in [7, 11) is 1.62. The fourth-order valence-electron chi connectivity index (χ4n) is 1.59. The van der Waals surface area contributed by atoms with Crippen LogP contribution in [-0.4, -0.2) is 26.0 Å². The topological polar surface area (TPSA) is 38.3 Å². The van der Waals surface area contributed by atoms with Gasteiger partial charge in [-0.25, -0.2) is 0 Å².